The molecule has 9 heteroatoms. The van der Waals surface area contributed by atoms with Crippen LogP contribution in [0.3, 0.4) is 0 Å². The molecule has 0 aliphatic carbocycles. The molecular weight excluding hydrogens is 390 g/mol. The second-order valence-corrected chi connectivity index (χ2v) is 6.19. The molecule has 0 bridgehead atoms. The van der Waals surface area contributed by atoms with Crippen molar-refractivity contribution in [1.82, 2.24) is 0 Å². The molecule has 0 saturated heterocycles. The summed E-state index contributed by atoms with van der Waals surface area (Å²) in [4.78, 5) is 25.8. The van der Waals surface area contributed by atoms with Crippen molar-refractivity contribution < 1.29 is 19.4 Å². The molecule has 0 N–H and O–H groups in total. The van der Waals surface area contributed by atoms with Gasteiger partial charge in [-0.25, -0.2) is 0 Å². The molecule has 152 valence electrons. The SMILES string of the molecule is O=[N+]([O-])c1ccc(COc2ccccc2/C=N\OCc2cccc([N+](=O)[O-])c2)cc1. The van der Waals surface area contributed by atoms with Crippen LogP contribution in [-0.2, 0) is 18.1 Å². The quantitative estimate of drug-likeness (QED) is 0.290. The molecule has 0 unspecified atom stereocenters. The average molecular weight is 407 g/mol. The van der Waals surface area contributed by atoms with Crippen molar-refractivity contribution in [2.45, 2.75) is 13.2 Å². The predicted octanol–water partition coefficient (Wildman–Crippen LogP) is 4.63. The van der Waals surface area contributed by atoms with Crippen LogP contribution in [0.5, 0.6) is 5.75 Å². The van der Waals surface area contributed by atoms with E-state index in [-0.39, 0.29) is 24.6 Å². The minimum Gasteiger partial charge on any atom is -0.488 e. The van der Waals surface area contributed by atoms with Crippen LogP contribution in [-0.4, -0.2) is 16.1 Å². The van der Waals surface area contributed by atoms with Crippen molar-refractivity contribution in [2.24, 2.45) is 5.16 Å². The van der Waals surface area contributed by atoms with Gasteiger partial charge in [-0.2, -0.15) is 0 Å². The van der Waals surface area contributed by atoms with E-state index in [1.54, 1.807) is 36.4 Å². The van der Waals surface area contributed by atoms with E-state index in [1.807, 2.05) is 12.1 Å². The topological polar surface area (TPSA) is 117 Å². The first-order valence-corrected chi connectivity index (χ1v) is 8.87. The van der Waals surface area contributed by atoms with Gasteiger partial charge in [0.15, 0.2) is 0 Å². The van der Waals surface area contributed by atoms with Crippen molar-refractivity contribution >= 4 is 17.6 Å². The van der Waals surface area contributed by atoms with Crippen molar-refractivity contribution in [3.63, 3.8) is 0 Å². The molecule has 3 aromatic carbocycles. The maximum Gasteiger partial charge on any atom is 0.269 e. The summed E-state index contributed by atoms with van der Waals surface area (Å²) in [6, 6.07) is 19.5. The van der Waals surface area contributed by atoms with Crippen molar-refractivity contribution in [1.29, 1.82) is 0 Å². The number of oxime groups is 1. The van der Waals surface area contributed by atoms with Gasteiger partial charge in [0.2, 0.25) is 0 Å². The molecule has 30 heavy (non-hydrogen) atoms. The van der Waals surface area contributed by atoms with Gasteiger partial charge in [-0.3, -0.25) is 20.2 Å². The van der Waals surface area contributed by atoms with Crippen LogP contribution in [0.1, 0.15) is 16.7 Å². The Labute approximate surface area is 171 Å². The summed E-state index contributed by atoms with van der Waals surface area (Å²) in [5.74, 6) is 0.568. The number of nitro benzene ring substituents is 2. The van der Waals surface area contributed by atoms with E-state index < -0.39 is 9.85 Å². The summed E-state index contributed by atoms with van der Waals surface area (Å²) in [6.45, 7) is 0.321. The normalized spacial score (nSPS) is 10.7. The molecule has 0 heterocycles. The van der Waals surface area contributed by atoms with Crippen molar-refractivity contribution in [2.75, 3.05) is 0 Å². The Hall–Kier alpha value is -4.27. The van der Waals surface area contributed by atoms with Gasteiger partial charge in [-0.15, -0.1) is 0 Å². The second-order valence-electron chi connectivity index (χ2n) is 6.19. The third-order valence-electron chi connectivity index (χ3n) is 4.08. The predicted molar refractivity (Wildman–Crippen MR) is 109 cm³/mol. The van der Waals surface area contributed by atoms with E-state index in [2.05, 4.69) is 5.16 Å². The summed E-state index contributed by atoms with van der Waals surface area (Å²) in [5.41, 5.74) is 2.11. The zero-order chi connectivity index (χ0) is 21.3. The van der Waals surface area contributed by atoms with Crippen LogP contribution in [0.2, 0.25) is 0 Å². The molecule has 0 aromatic heterocycles. The fraction of sp³-hybridized carbons (Fsp3) is 0.0952. The summed E-state index contributed by atoms with van der Waals surface area (Å²) >= 11 is 0. The number of non-ortho nitro benzene ring substituents is 2. The highest BCUT2D eigenvalue weighted by Crippen LogP contribution is 2.19. The van der Waals surface area contributed by atoms with Gasteiger partial charge in [0.25, 0.3) is 11.4 Å². The molecule has 3 aromatic rings. The molecule has 0 aliphatic rings. The van der Waals surface area contributed by atoms with E-state index in [4.69, 9.17) is 9.57 Å². The standard InChI is InChI=1S/C21H17N3O6/c25-23(26)19-10-8-16(9-11-19)14-29-21-7-2-1-5-18(21)13-22-30-15-17-4-3-6-20(12-17)24(27)28/h1-13H,14-15H2/b22-13-. The lowest BCUT2D eigenvalue weighted by Crippen LogP contribution is -1.99. The summed E-state index contributed by atoms with van der Waals surface area (Å²) in [5, 5.41) is 25.4. The van der Waals surface area contributed by atoms with Crippen molar-refractivity contribution in [3.05, 3.63) is 110 Å². The monoisotopic (exact) mass is 407 g/mol. The van der Waals surface area contributed by atoms with Crippen LogP contribution in [0.15, 0.2) is 78.0 Å². The fourth-order valence-electron chi connectivity index (χ4n) is 2.56. The third kappa shape index (κ3) is 5.61. The lowest BCUT2D eigenvalue weighted by Gasteiger charge is -2.09. The van der Waals surface area contributed by atoms with Gasteiger partial charge in [-0.1, -0.05) is 29.4 Å². The zero-order valence-corrected chi connectivity index (χ0v) is 15.7. The van der Waals surface area contributed by atoms with E-state index in [9.17, 15) is 20.2 Å². The number of para-hydroxylation sites is 1. The van der Waals surface area contributed by atoms with E-state index in [0.29, 0.717) is 16.9 Å². The Morgan fingerprint density at radius 1 is 0.800 bits per heavy atom. The number of hydrogen-bond donors (Lipinski definition) is 0. The average Bonchev–Trinajstić information content (AvgIpc) is 2.76. The molecule has 0 saturated carbocycles. The maximum atomic E-state index is 10.8. The lowest BCUT2D eigenvalue weighted by molar-refractivity contribution is -0.385. The Morgan fingerprint density at radius 2 is 1.53 bits per heavy atom. The molecule has 0 atom stereocenters. The molecule has 0 fully saturated rings. The van der Waals surface area contributed by atoms with Crippen LogP contribution in [0.4, 0.5) is 11.4 Å². The zero-order valence-electron chi connectivity index (χ0n) is 15.7. The van der Waals surface area contributed by atoms with Gasteiger partial charge < -0.3 is 9.57 Å². The number of ether oxygens (including phenoxy) is 1. The van der Waals surface area contributed by atoms with E-state index in [1.165, 1.54) is 30.5 Å². The first-order chi connectivity index (χ1) is 14.5. The highest BCUT2D eigenvalue weighted by Gasteiger charge is 2.07. The molecule has 3 rings (SSSR count). The summed E-state index contributed by atoms with van der Waals surface area (Å²) < 4.78 is 5.79. The van der Waals surface area contributed by atoms with E-state index in [0.717, 1.165) is 5.56 Å². The maximum absolute atomic E-state index is 10.8. The van der Waals surface area contributed by atoms with Crippen LogP contribution in [0, 0.1) is 20.2 Å². The molecule has 0 aliphatic heterocycles. The Bertz CT molecular complexity index is 1070. The minimum absolute atomic E-state index is 0.00920. The molecule has 0 spiro atoms. The Morgan fingerprint density at radius 3 is 2.27 bits per heavy atom. The Balaban J connectivity index is 1.58. The first kappa shape index (κ1) is 20.5. The van der Waals surface area contributed by atoms with Gasteiger partial charge in [0.1, 0.15) is 19.0 Å². The van der Waals surface area contributed by atoms with Crippen LogP contribution < -0.4 is 4.74 Å². The van der Waals surface area contributed by atoms with Gasteiger partial charge in [0.05, 0.1) is 16.1 Å². The highest BCUT2D eigenvalue weighted by atomic mass is 16.6. The lowest BCUT2D eigenvalue weighted by atomic mass is 10.2. The number of hydrogen-bond acceptors (Lipinski definition) is 7. The van der Waals surface area contributed by atoms with Gasteiger partial charge in [-0.05, 0) is 35.4 Å². The highest BCUT2D eigenvalue weighted by molar-refractivity contribution is 5.83. The molecule has 0 radical (unpaired) electrons. The fourth-order valence-corrected chi connectivity index (χ4v) is 2.56. The van der Waals surface area contributed by atoms with Crippen LogP contribution >= 0.6 is 0 Å². The number of rotatable bonds is 9. The van der Waals surface area contributed by atoms with Crippen LogP contribution in [0.25, 0.3) is 0 Å². The van der Waals surface area contributed by atoms with Gasteiger partial charge in [0, 0.05) is 29.8 Å². The van der Waals surface area contributed by atoms with Crippen molar-refractivity contribution in [3.8, 4) is 5.75 Å². The summed E-state index contributed by atoms with van der Waals surface area (Å²) in [7, 11) is 0. The number of benzene rings is 3. The van der Waals surface area contributed by atoms with Gasteiger partial charge >= 0.3 is 0 Å². The molecular formula is C21H17N3O6. The number of nitrogens with zero attached hydrogens (tertiary/aromatic N) is 3. The minimum atomic E-state index is -0.467. The van der Waals surface area contributed by atoms with E-state index >= 15 is 0 Å². The first-order valence-electron chi connectivity index (χ1n) is 8.87. The Kier molecular flexibility index (Phi) is 6.67. The molecule has 0 amide bonds. The largest absolute Gasteiger partial charge is 0.488 e. The third-order valence-corrected chi connectivity index (χ3v) is 4.08. The molecule has 9 nitrogen and oxygen atoms in total. The second kappa shape index (κ2) is 9.78. The number of nitro groups is 2. The smallest absolute Gasteiger partial charge is 0.269 e. The summed E-state index contributed by atoms with van der Waals surface area (Å²) in [6.07, 6.45) is 1.49.